The molecular formula is C28H35N3O4. The predicted octanol–water partition coefficient (Wildman–Crippen LogP) is 6.38. The van der Waals surface area contributed by atoms with E-state index >= 15 is 0 Å². The van der Waals surface area contributed by atoms with Gasteiger partial charge in [0.25, 0.3) is 0 Å². The van der Waals surface area contributed by atoms with E-state index in [1.54, 1.807) is 0 Å². The van der Waals surface area contributed by atoms with Crippen LogP contribution >= 0.6 is 0 Å². The number of carbonyl (C=O) groups is 1. The molecule has 1 atom stereocenters. The number of carbonyl (C=O) groups excluding carboxylic acids is 1. The summed E-state index contributed by atoms with van der Waals surface area (Å²) in [5.41, 5.74) is 11.1. The SMILES string of the molecule is CC(C)n1c(-c2ccc(NC(=O)O[C@H](C)C3CC3)cc2)c(N)c2ccc(OC3CCOCC3)cc21. The van der Waals surface area contributed by atoms with Crippen molar-refractivity contribution in [2.75, 3.05) is 24.3 Å². The van der Waals surface area contributed by atoms with Crippen LogP contribution in [0.3, 0.4) is 0 Å². The highest BCUT2D eigenvalue weighted by atomic mass is 16.6. The van der Waals surface area contributed by atoms with Crippen LogP contribution in [0.1, 0.15) is 52.5 Å². The van der Waals surface area contributed by atoms with Crippen molar-refractivity contribution in [3.8, 4) is 17.0 Å². The fraction of sp³-hybridized carbons (Fsp3) is 0.464. The topological polar surface area (TPSA) is 87.7 Å². The fourth-order valence-corrected chi connectivity index (χ4v) is 4.90. The van der Waals surface area contributed by atoms with Crippen molar-refractivity contribution in [3.05, 3.63) is 42.5 Å². The van der Waals surface area contributed by atoms with E-state index in [9.17, 15) is 4.79 Å². The first-order valence-electron chi connectivity index (χ1n) is 12.7. The van der Waals surface area contributed by atoms with Gasteiger partial charge in [-0.15, -0.1) is 0 Å². The Morgan fingerprint density at radius 1 is 1.06 bits per heavy atom. The molecule has 1 amide bonds. The highest BCUT2D eigenvalue weighted by Gasteiger charge is 2.30. The molecule has 2 aromatic carbocycles. The summed E-state index contributed by atoms with van der Waals surface area (Å²) in [6.45, 7) is 7.75. The number of rotatable bonds is 7. The second-order valence-electron chi connectivity index (χ2n) is 9.98. The molecule has 1 saturated heterocycles. The summed E-state index contributed by atoms with van der Waals surface area (Å²) in [5.74, 6) is 1.36. The molecule has 186 valence electrons. The maximum Gasteiger partial charge on any atom is 0.411 e. The number of ether oxygens (including phenoxy) is 3. The van der Waals surface area contributed by atoms with E-state index in [0.717, 1.165) is 72.5 Å². The summed E-state index contributed by atoms with van der Waals surface area (Å²) < 4.78 is 19.5. The van der Waals surface area contributed by atoms with Crippen LogP contribution in [0.2, 0.25) is 0 Å². The zero-order valence-corrected chi connectivity index (χ0v) is 20.8. The van der Waals surface area contributed by atoms with Gasteiger partial charge in [0.05, 0.1) is 30.1 Å². The number of nitrogens with zero attached hydrogens (tertiary/aromatic N) is 1. The molecule has 7 nitrogen and oxygen atoms in total. The van der Waals surface area contributed by atoms with Crippen LogP contribution in [0.4, 0.5) is 16.2 Å². The van der Waals surface area contributed by atoms with E-state index in [4.69, 9.17) is 19.9 Å². The minimum atomic E-state index is -0.412. The predicted molar refractivity (Wildman–Crippen MR) is 139 cm³/mol. The molecule has 3 aromatic rings. The molecule has 1 aliphatic heterocycles. The first-order valence-corrected chi connectivity index (χ1v) is 12.7. The third-order valence-electron chi connectivity index (χ3n) is 6.99. The third kappa shape index (κ3) is 5.10. The number of hydrogen-bond donors (Lipinski definition) is 2. The lowest BCUT2D eigenvalue weighted by Gasteiger charge is -2.23. The number of aromatic nitrogens is 1. The molecule has 7 heteroatoms. The van der Waals surface area contributed by atoms with Crippen molar-refractivity contribution < 1.29 is 19.0 Å². The van der Waals surface area contributed by atoms with Crippen LogP contribution in [0, 0.1) is 5.92 Å². The number of fused-ring (bicyclic) bond motifs is 1. The Kier molecular flexibility index (Phi) is 6.60. The number of anilines is 2. The van der Waals surface area contributed by atoms with E-state index in [1.165, 1.54) is 0 Å². The third-order valence-corrected chi connectivity index (χ3v) is 6.99. The number of nitrogens with two attached hydrogens (primary N) is 1. The Labute approximate surface area is 206 Å². The number of benzene rings is 2. The minimum absolute atomic E-state index is 0.0452. The molecule has 2 heterocycles. The standard InChI is InChI=1S/C28H35N3O4/c1-17(2)31-25-16-23(35-22-12-14-33-15-13-22)10-11-24(25)26(29)27(31)20-6-8-21(9-7-20)30-28(32)34-18(3)19-4-5-19/h6-11,16-19,22H,4-5,12-15,29H2,1-3H3,(H,30,32)/t18-/m1/s1. The second kappa shape index (κ2) is 9.82. The molecule has 0 radical (unpaired) electrons. The Morgan fingerprint density at radius 2 is 1.77 bits per heavy atom. The van der Waals surface area contributed by atoms with E-state index in [2.05, 4.69) is 35.9 Å². The Hall–Kier alpha value is -3.19. The zero-order chi connectivity index (χ0) is 24.5. The summed E-state index contributed by atoms with van der Waals surface area (Å²) in [6.07, 6.45) is 3.81. The Bertz CT molecular complexity index is 1190. The van der Waals surface area contributed by atoms with E-state index in [-0.39, 0.29) is 18.2 Å². The Balaban J connectivity index is 1.40. The summed E-state index contributed by atoms with van der Waals surface area (Å²) in [4.78, 5) is 12.2. The van der Waals surface area contributed by atoms with E-state index in [0.29, 0.717) is 11.6 Å². The molecule has 1 aromatic heterocycles. The lowest BCUT2D eigenvalue weighted by Crippen LogP contribution is -2.25. The fourth-order valence-electron chi connectivity index (χ4n) is 4.90. The number of hydrogen-bond acceptors (Lipinski definition) is 5. The maximum absolute atomic E-state index is 12.2. The van der Waals surface area contributed by atoms with Gasteiger partial charge >= 0.3 is 6.09 Å². The van der Waals surface area contributed by atoms with Crippen molar-refractivity contribution in [3.63, 3.8) is 0 Å². The first kappa shape index (κ1) is 23.5. The molecule has 0 bridgehead atoms. The lowest BCUT2D eigenvalue weighted by atomic mass is 10.1. The number of nitrogens with one attached hydrogen (secondary N) is 1. The smallest absolute Gasteiger partial charge is 0.411 e. The first-order chi connectivity index (χ1) is 16.9. The Morgan fingerprint density at radius 3 is 2.43 bits per heavy atom. The summed E-state index contributed by atoms with van der Waals surface area (Å²) in [7, 11) is 0. The zero-order valence-electron chi connectivity index (χ0n) is 20.8. The molecule has 0 spiro atoms. The van der Waals surface area contributed by atoms with Crippen LogP contribution in [0.5, 0.6) is 5.75 Å². The summed E-state index contributed by atoms with van der Waals surface area (Å²) in [6, 6.07) is 14.1. The molecule has 2 fully saturated rings. The molecule has 5 rings (SSSR count). The second-order valence-corrected chi connectivity index (χ2v) is 9.98. The van der Waals surface area contributed by atoms with E-state index in [1.807, 2.05) is 37.3 Å². The normalized spacial score (nSPS) is 17.5. The average Bonchev–Trinajstić information content (AvgIpc) is 3.65. The van der Waals surface area contributed by atoms with Gasteiger partial charge in [0.1, 0.15) is 18.0 Å². The van der Waals surface area contributed by atoms with Gasteiger partial charge in [-0.25, -0.2) is 4.79 Å². The summed E-state index contributed by atoms with van der Waals surface area (Å²) >= 11 is 0. The van der Waals surface area contributed by atoms with Crippen LogP contribution < -0.4 is 15.8 Å². The average molecular weight is 478 g/mol. The monoisotopic (exact) mass is 477 g/mol. The van der Waals surface area contributed by atoms with Crippen molar-refractivity contribution in [1.82, 2.24) is 4.57 Å². The lowest BCUT2D eigenvalue weighted by molar-refractivity contribution is 0.0256. The largest absolute Gasteiger partial charge is 0.490 e. The van der Waals surface area contributed by atoms with Gasteiger partial charge in [-0.2, -0.15) is 0 Å². The highest BCUT2D eigenvalue weighted by molar-refractivity contribution is 6.01. The van der Waals surface area contributed by atoms with Crippen molar-refractivity contribution in [1.29, 1.82) is 0 Å². The molecule has 35 heavy (non-hydrogen) atoms. The molecule has 0 unspecified atom stereocenters. The molecule has 1 aliphatic carbocycles. The van der Waals surface area contributed by atoms with Crippen LogP contribution in [0.25, 0.3) is 22.2 Å². The quantitative estimate of drug-likeness (QED) is 0.412. The van der Waals surface area contributed by atoms with Crippen molar-refractivity contribution >= 4 is 28.4 Å². The van der Waals surface area contributed by atoms with Crippen LogP contribution in [-0.2, 0) is 9.47 Å². The summed E-state index contributed by atoms with van der Waals surface area (Å²) in [5, 5.41) is 3.84. The molecular weight excluding hydrogens is 442 g/mol. The van der Waals surface area contributed by atoms with Crippen molar-refractivity contribution in [2.24, 2.45) is 5.92 Å². The molecule has 3 N–H and O–H groups in total. The van der Waals surface area contributed by atoms with Gasteiger partial charge in [0, 0.05) is 41.6 Å². The molecule has 2 aliphatic rings. The van der Waals surface area contributed by atoms with Crippen LogP contribution in [0.15, 0.2) is 42.5 Å². The number of nitrogen functional groups attached to an aromatic ring is 1. The van der Waals surface area contributed by atoms with Gasteiger partial charge in [0.2, 0.25) is 0 Å². The van der Waals surface area contributed by atoms with Gasteiger partial charge in [-0.1, -0.05) is 12.1 Å². The maximum atomic E-state index is 12.2. The van der Waals surface area contributed by atoms with Gasteiger partial charge in [-0.3, -0.25) is 5.32 Å². The van der Waals surface area contributed by atoms with Crippen LogP contribution in [-0.4, -0.2) is 36.1 Å². The van der Waals surface area contributed by atoms with E-state index < -0.39 is 6.09 Å². The van der Waals surface area contributed by atoms with Gasteiger partial charge < -0.3 is 24.5 Å². The van der Waals surface area contributed by atoms with Crippen molar-refractivity contribution in [2.45, 2.75) is 64.7 Å². The van der Waals surface area contributed by atoms with Gasteiger partial charge in [0.15, 0.2) is 0 Å². The number of amides is 1. The minimum Gasteiger partial charge on any atom is -0.490 e. The van der Waals surface area contributed by atoms with Gasteiger partial charge in [-0.05, 0) is 63.8 Å². The molecule has 1 saturated carbocycles. The highest BCUT2D eigenvalue weighted by Crippen LogP contribution is 2.40.